The molecule has 1 atom stereocenters. The van der Waals surface area contributed by atoms with Gasteiger partial charge in [0.15, 0.2) is 0 Å². The van der Waals surface area contributed by atoms with Crippen molar-refractivity contribution < 1.29 is 13.2 Å². The zero-order chi connectivity index (χ0) is 15.3. The molecule has 1 aromatic carbocycles. The summed E-state index contributed by atoms with van der Waals surface area (Å²) >= 11 is 0. The zero-order valence-corrected chi connectivity index (χ0v) is 12.9. The molecule has 0 fully saturated rings. The number of rotatable bonds is 7. The van der Waals surface area contributed by atoms with Gasteiger partial charge in [-0.2, -0.15) is 0 Å². The molecular formula is C13H23N3O3S. The van der Waals surface area contributed by atoms with Crippen LogP contribution < -0.4 is 20.9 Å². The summed E-state index contributed by atoms with van der Waals surface area (Å²) in [6.45, 7) is 5.38. The average molecular weight is 301 g/mol. The van der Waals surface area contributed by atoms with Crippen LogP contribution in [-0.4, -0.2) is 28.6 Å². The van der Waals surface area contributed by atoms with Gasteiger partial charge in [-0.15, -0.1) is 0 Å². The summed E-state index contributed by atoms with van der Waals surface area (Å²) in [7, 11) is -2.20. The fourth-order valence-corrected chi connectivity index (χ4v) is 2.37. The first-order valence-corrected chi connectivity index (χ1v) is 7.99. The van der Waals surface area contributed by atoms with Crippen LogP contribution in [0.25, 0.3) is 0 Å². The highest BCUT2D eigenvalue weighted by molar-refractivity contribution is 7.89. The van der Waals surface area contributed by atoms with E-state index in [2.05, 4.69) is 19.2 Å². The minimum absolute atomic E-state index is 0.0506. The van der Waals surface area contributed by atoms with Gasteiger partial charge in [-0.05, 0) is 36.6 Å². The number of ether oxygens (including phenoxy) is 1. The molecule has 0 amide bonds. The lowest BCUT2D eigenvalue weighted by Gasteiger charge is -2.21. The van der Waals surface area contributed by atoms with Gasteiger partial charge in [-0.1, -0.05) is 13.8 Å². The number of benzene rings is 1. The highest BCUT2D eigenvalue weighted by Gasteiger charge is 2.15. The van der Waals surface area contributed by atoms with E-state index in [9.17, 15) is 8.42 Å². The van der Waals surface area contributed by atoms with Gasteiger partial charge in [0.25, 0.3) is 0 Å². The van der Waals surface area contributed by atoms with Gasteiger partial charge in [-0.25, -0.2) is 13.6 Å². The van der Waals surface area contributed by atoms with Crippen molar-refractivity contribution in [2.24, 2.45) is 22.7 Å². The third kappa shape index (κ3) is 4.36. The van der Waals surface area contributed by atoms with E-state index in [1.165, 1.54) is 19.2 Å². The Balaban J connectivity index is 2.97. The molecule has 0 spiro atoms. The van der Waals surface area contributed by atoms with Crippen LogP contribution in [0, 0.1) is 11.8 Å². The number of methoxy groups -OCH3 is 1. The molecule has 1 aromatic rings. The minimum atomic E-state index is -3.73. The molecule has 0 saturated carbocycles. The maximum Gasteiger partial charge on any atom is 0.238 e. The third-order valence-electron chi connectivity index (χ3n) is 3.30. The molecular weight excluding hydrogens is 278 g/mol. The van der Waals surface area contributed by atoms with E-state index in [0.29, 0.717) is 30.4 Å². The Morgan fingerprint density at radius 3 is 2.45 bits per heavy atom. The standard InChI is InChI=1S/C13H23N3O3S/c1-9(2)10(7-14)8-16-12-6-11(20(15,17)18)4-5-13(12)19-3/h4-6,9-10,16H,7-8,14H2,1-3H3,(H2,15,17,18). The van der Waals surface area contributed by atoms with E-state index < -0.39 is 10.0 Å². The molecule has 0 aromatic heterocycles. The van der Waals surface area contributed by atoms with Crippen molar-refractivity contribution in [3.63, 3.8) is 0 Å². The fourth-order valence-electron chi connectivity index (χ4n) is 1.83. The summed E-state index contributed by atoms with van der Waals surface area (Å²) in [6.07, 6.45) is 0. The molecule has 0 radical (unpaired) electrons. The highest BCUT2D eigenvalue weighted by Crippen LogP contribution is 2.27. The zero-order valence-electron chi connectivity index (χ0n) is 12.1. The van der Waals surface area contributed by atoms with Gasteiger partial charge >= 0.3 is 0 Å². The van der Waals surface area contributed by atoms with Gasteiger partial charge in [0.05, 0.1) is 17.7 Å². The van der Waals surface area contributed by atoms with Gasteiger partial charge in [0.1, 0.15) is 5.75 Å². The second kappa shape index (κ2) is 6.92. The predicted octanol–water partition coefficient (Wildman–Crippen LogP) is 0.985. The van der Waals surface area contributed by atoms with Crippen molar-refractivity contribution in [3.8, 4) is 5.75 Å². The topological polar surface area (TPSA) is 107 Å². The van der Waals surface area contributed by atoms with Crippen molar-refractivity contribution in [3.05, 3.63) is 18.2 Å². The van der Waals surface area contributed by atoms with Gasteiger partial charge in [0.2, 0.25) is 10.0 Å². The molecule has 0 heterocycles. The first kappa shape index (κ1) is 16.7. The molecule has 0 aliphatic carbocycles. The maximum absolute atomic E-state index is 11.4. The van der Waals surface area contributed by atoms with Crippen LogP contribution in [-0.2, 0) is 10.0 Å². The Morgan fingerprint density at radius 1 is 1.35 bits per heavy atom. The molecule has 6 nitrogen and oxygen atoms in total. The second-order valence-corrected chi connectivity index (χ2v) is 6.59. The van der Waals surface area contributed by atoms with Gasteiger partial charge in [-0.3, -0.25) is 0 Å². The van der Waals surface area contributed by atoms with E-state index in [1.54, 1.807) is 6.07 Å². The van der Waals surface area contributed by atoms with Crippen molar-refractivity contribution in [1.82, 2.24) is 0 Å². The summed E-state index contributed by atoms with van der Waals surface area (Å²) in [5, 5.41) is 8.32. The Labute approximate surface area is 120 Å². The number of anilines is 1. The molecule has 114 valence electrons. The molecule has 20 heavy (non-hydrogen) atoms. The molecule has 0 aliphatic rings. The van der Waals surface area contributed by atoms with Crippen LogP contribution in [0.3, 0.4) is 0 Å². The lowest BCUT2D eigenvalue weighted by atomic mass is 9.96. The van der Waals surface area contributed by atoms with Gasteiger partial charge < -0.3 is 15.8 Å². The second-order valence-electron chi connectivity index (χ2n) is 5.03. The summed E-state index contributed by atoms with van der Waals surface area (Å²) in [6, 6.07) is 4.47. The first-order valence-electron chi connectivity index (χ1n) is 6.44. The Kier molecular flexibility index (Phi) is 5.79. The molecule has 5 N–H and O–H groups in total. The molecule has 0 bridgehead atoms. The van der Waals surface area contributed by atoms with E-state index in [4.69, 9.17) is 15.6 Å². The van der Waals surface area contributed by atoms with E-state index in [0.717, 1.165) is 0 Å². The third-order valence-corrected chi connectivity index (χ3v) is 4.21. The number of sulfonamides is 1. The van der Waals surface area contributed by atoms with Crippen molar-refractivity contribution >= 4 is 15.7 Å². The Morgan fingerprint density at radius 2 is 2.00 bits per heavy atom. The van der Waals surface area contributed by atoms with Crippen molar-refractivity contribution in [2.75, 3.05) is 25.5 Å². The normalized spacial score (nSPS) is 13.3. The van der Waals surface area contributed by atoms with Crippen LogP contribution in [0.15, 0.2) is 23.1 Å². The van der Waals surface area contributed by atoms with Crippen molar-refractivity contribution in [2.45, 2.75) is 18.7 Å². The number of hydrogen-bond donors (Lipinski definition) is 3. The quantitative estimate of drug-likeness (QED) is 0.696. The number of nitrogens with one attached hydrogen (secondary N) is 1. The van der Waals surface area contributed by atoms with Crippen LogP contribution in [0.5, 0.6) is 5.75 Å². The fraction of sp³-hybridized carbons (Fsp3) is 0.538. The predicted molar refractivity (Wildman–Crippen MR) is 80.2 cm³/mol. The summed E-state index contributed by atoms with van der Waals surface area (Å²) < 4.78 is 28.0. The lowest BCUT2D eigenvalue weighted by molar-refractivity contribution is 0.405. The lowest BCUT2D eigenvalue weighted by Crippen LogP contribution is -2.27. The van der Waals surface area contributed by atoms with Crippen molar-refractivity contribution in [1.29, 1.82) is 0 Å². The number of primary sulfonamides is 1. The maximum atomic E-state index is 11.4. The van der Waals surface area contributed by atoms with E-state index in [-0.39, 0.29) is 10.8 Å². The van der Waals surface area contributed by atoms with Crippen LogP contribution in [0.4, 0.5) is 5.69 Å². The Hall–Kier alpha value is -1.31. The van der Waals surface area contributed by atoms with E-state index >= 15 is 0 Å². The molecule has 7 heteroatoms. The highest BCUT2D eigenvalue weighted by atomic mass is 32.2. The van der Waals surface area contributed by atoms with Gasteiger partial charge in [0, 0.05) is 6.54 Å². The molecule has 1 unspecified atom stereocenters. The van der Waals surface area contributed by atoms with E-state index in [1.807, 2.05) is 0 Å². The minimum Gasteiger partial charge on any atom is -0.495 e. The Bertz CT molecular complexity index is 544. The SMILES string of the molecule is COc1ccc(S(N)(=O)=O)cc1NCC(CN)C(C)C. The summed E-state index contributed by atoms with van der Waals surface area (Å²) in [4.78, 5) is 0.0506. The van der Waals surface area contributed by atoms with Crippen LogP contribution in [0.2, 0.25) is 0 Å². The summed E-state index contributed by atoms with van der Waals surface area (Å²) in [5.41, 5.74) is 6.32. The smallest absolute Gasteiger partial charge is 0.238 e. The average Bonchev–Trinajstić information content (AvgIpc) is 2.37. The van der Waals surface area contributed by atoms with Crippen LogP contribution >= 0.6 is 0 Å². The molecule has 0 aliphatic heterocycles. The molecule has 0 saturated heterocycles. The molecule has 1 rings (SSSR count). The monoisotopic (exact) mass is 301 g/mol. The summed E-state index contributed by atoms with van der Waals surface area (Å²) in [5.74, 6) is 1.29. The number of nitrogens with two attached hydrogens (primary N) is 2. The largest absolute Gasteiger partial charge is 0.495 e. The first-order chi connectivity index (χ1) is 9.29. The number of hydrogen-bond acceptors (Lipinski definition) is 5. The van der Waals surface area contributed by atoms with Crippen LogP contribution in [0.1, 0.15) is 13.8 Å².